The molecule has 0 saturated carbocycles. The Morgan fingerprint density at radius 2 is 1.65 bits per heavy atom. The van der Waals surface area contributed by atoms with Gasteiger partial charge in [-0.2, -0.15) is 5.10 Å². The van der Waals surface area contributed by atoms with Crippen molar-refractivity contribution in [2.24, 2.45) is 11.7 Å². The van der Waals surface area contributed by atoms with Gasteiger partial charge in [0.05, 0.1) is 12.2 Å². The number of aromatic nitrogens is 2. The highest BCUT2D eigenvalue weighted by atomic mass is 19.1. The maximum Gasteiger partial charge on any atom is 0.326 e. The second-order valence-corrected chi connectivity index (χ2v) is 10.3. The zero-order valence-electron chi connectivity index (χ0n) is 22.7. The molecule has 2 aromatic carbocycles. The molecule has 11 heteroatoms. The zero-order chi connectivity index (χ0) is 29.1. The standard InChI is InChI=1S/C29H32F2N4O5/c1-16(2)25(32)29(38)40-15-39-27-23(36)13-33-35-22(14-34(17(3)4)28(37)26(27)35)24(18-7-5-9-20(30)11-18)19-8-6-10-21(31)12-19/h5-13,16-17,22,24-25H,14-15,32H2,1-4H3/t22-,25+/m1/s1. The molecule has 2 N–H and O–H groups in total. The number of carbonyl (C=O) groups is 2. The van der Waals surface area contributed by atoms with Gasteiger partial charge in [-0.25, -0.2) is 8.78 Å². The normalized spacial score (nSPS) is 15.9. The van der Waals surface area contributed by atoms with Gasteiger partial charge in [-0.1, -0.05) is 38.1 Å². The molecule has 3 aromatic rings. The third-order valence-corrected chi connectivity index (χ3v) is 6.95. The van der Waals surface area contributed by atoms with Gasteiger partial charge in [0.15, 0.2) is 5.69 Å². The molecule has 1 aromatic heterocycles. The molecule has 1 amide bonds. The summed E-state index contributed by atoms with van der Waals surface area (Å²) in [5.41, 5.74) is 6.02. The van der Waals surface area contributed by atoms with Gasteiger partial charge < -0.3 is 20.1 Å². The Labute approximate surface area is 230 Å². The van der Waals surface area contributed by atoms with Crippen LogP contribution in [-0.2, 0) is 9.53 Å². The van der Waals surface area contributed by atoms with Crippen molar-refractivity contribution in [3.05, 3.63) is 93.4 Å². The van der Waals surface area contributed by atoms with E-state index in [0.29, 0.717) is 11.1 Å². The van der Waals surface area contributed by atoms with Gasteiger partial charge in [-0.3, -0.25) is 19.1 Å². The fourth-order valence-electron chi connectivity index (χ4n) is 4.78. The van der Waals surface area contributed by atoms with Gasteiger partial charge in [0.2, 0.25) is 18.0 Å². The molecule has 2 atom stereocenters. The first-order valence-electron chi connectivity index (χ1n) is 13.0. The molecule has 1 aliphatic heterocycles. The molecule has 0 aliphatic carbocycles. The molecule has 212 valence electrons. The van der Waals surface area contributed by atoms with E-state index < -0.39 is 53.7 Å². The molecule has 4 rings (SSSR count). The SMILES string of the molecule is CC(C)[C@H](N)C(=O)OCOc1c2n(ncc1=O)[C@@H](C(c1cccc(F)c1)c1cccc(F)c1)CN(C(C)C)C2=O. The van der Waals surface area contributed by atoms with Crippen LogP contribution in [0.4, 0.5) is 8.78 Å². The van der Waals surface area contributed by atoms with Gasteiger partial charge >= 0.3 is 5.97 Å². The van der Waals surface area contributed by atoms with Crippen molar-refractivity contribution in [1.82, 2.24) is 14.7 Å². The number of esters is 1. The molecule has 1 aliphatic rings. The molecule has 40 heavy (non-hydrogen) atoms. The Kier molecular flexibility index (Phi) is 8.63. The van der Waals surface area contributed by atoms with Crippen LogP contribution < -0.4 is 15.9 Å². The maximum absolute atomic E-state index is 14.4. The molecular formula is C29H32F2N4O5. The Bertz CT molecular complexity index is 1410. The third-order valence-electron chi connectivity index (χ3n) is 6.95. The zero-order valence-corrected chi connectivity index (χ0v) is 22.7. The average molecular weight is 555 g/mol. The van der Waals surface area contributed by atoms with E-state index in [-0.39, 0.29) is 29.9 Å². The second kappa shape index (κ2) is 12.0. The third kappa shape index (κ3) is 5.89. The molecule has 9 nitrogen and oxygen atoms in total. The minimum Gasteiger partial charge on any atom is -0.451 e. The van der Waals surface area contributed by atoms with Crippen LogP contribution in [0.2, 0.25) is 0 Å². The fourth-order valence-corrected chi connectivity index (χ4v) is 4.78. The van der Waals surface area contributed by atoms with Crippen LogP contribution in [0.25, 0.3) is 0 Å². The monoisotopic (exact) mass is 554 g/mol. The number of ether oxygens (including phenoxy) is 2. The number of benzene rings is 2. The summed E-state index contributed by atoms with van der Waals surface area (Å²) in [7, 11) is 0. The first kappa shape index (κ1) is 28.9. The minimum atomic E-state index is -0.892. The number of carbonyl (C=O) groups excluding carboxylic acids is 2. The van der Waals surface area contributed by atoms with Crippen molar-refractivity contribution in [3.63, 3.8) is 0 Å². The van der Waals surface area contributed by atoms with Crippen LogP contribution in [0.5, 0.6) is 5.75 Å². The average Bonchev–Trinajstić information content (AvgIpc) is 2.90. The first-order chi connectivity index (χ1) is 19.0. The lowest BCUT2D eigenvalue weighted by Crippen LogP contribution is -2.50. The maximum atomic E-state index is 14.4. The van der Waals surface area contributed by atoms with Gasteiger partial charge in [-0.05, 0) is 55.2 Å². The van der Waals surface area contributed by atoms with Crippen molar-refractivity contribution >= 4 is 11.9 Å². The Morgan fingerprint density at radius 1 is 1.05 bits per heavy atom. The number of hydrogen-bond acceptors (Lipinski definition) is 7. The number of fused-ring (bicyclic) bond motifs is 1. The van der Waals surface area contributed by atoms with E-state index in [4.69, 9.17) is 15.2 Å². The van der Waals surface area contributed by atoms with Gasteiger partial charge in [0.25, 0.3) is 5.91 Å². The van der Waals surface area contributed by atoms with E-state index in [2.05, 4.69) is 5.10 Å². The highest BCUT2D eigenvalue weighted by molar-refractivity contribution is 5.96. The number of rotatable bonds is 9. The van der Waals surface area contributed by atoms with E-state index in [1.807, 2.05) is 13.8 Å². The summed E-state index contributed by atoms with van der Waals surface area (Å²) in [4.78, 5) is 40.3. The van der Waals surface area contributed by atoms with Gasteiger partial charge in [-0.15, -0.1) is 0 Å². The fraction of sp³-hybridized carbons (Fsp3) is 0.379. The molecule has 0 fully saturated rings. The van der Waals surface area contributed by atoms with Gasteiger partial charge in [0, 0.05) is 18.5 Å². The Balaban J connectivity index is 1.83. The lowest BCUT2D eigenvalue weighted by molar-refractivity contribution is -0.152. The van der Waals surface area contributed by atoms with Crippen LogP contribution in [-0.4, -0.2) is 52.0 Å². The van der Waals surface area contributed by atoms with E-state index in [1.54, 1.807) is 43.0 Å². The Hall–Kier alpha value is -4.12. The van der Waals surface area contributed by atoms with Crippen LogP contribution in [0.15, 0.2) is 59.5 Å². The largest absolute Gasteiger partial charge is 0.451 e. The van der Waals surface area contributed by atoms with Crippen LogP contribution >= 0.6 is 0 Å². The lowest BCUT2D eigenvalue weighted by Gasteiger charge is -2.41. The molecule has 0 spiro atoms. The van der Waals surface area contributed by atoms with Crippen LogP contribution in [0.3, 0.4) is 0 Å². The summed E-state index contributed by atoms with van der Waals surface area (Å²) >= 11 is 0. The molecule has 2 heterocycles. The highest BCUT2D eigenvalue weighted by Gasteiger charge is 2.41. The minimum absolute atomic E-state index is 0.134. The van der Waals surface area contributed by atoms with E-state index in [1.165, 1.54) is 28.9 Å². The second-order valence-electron chi connectivity index (χ2n) is 10.3. The van der Waals surface area contributed by atoms with Crippen LogP contribution in [0, 0.1) is 17.6 Å². The number of halogens is 2. The molecule has 0 saturated heterocycles. The van der Waals surface area contributed by atoms with Crippen LogP contribution in [0.1, 0.15) is 61.3 Å². The van der Waals surface area contributed by atoms with Crippen molar-refractivity contribution in [1.29, 1.82) is 0 Å². The predicted octanol–water partition coefficient (Wildman–Crippen LogP) is 3.62. The summed E-state index contributed by atoms with van der Waals surface area (Å²) in [6.07, 6.45) is 1.00. The van der Waals surface area contributed by atoms with E-state index in [9.17, 15) is 23.2 Å². The van der Waals surface area contributed by atoms with Crippen molar-refractivity contribution in [2.75, 3.05) is 13.3 Å². The Morgan fingerprint density at radius 3 is 2.17 bits per heavy atom. The highest BCUT2D eigenvalue weighted by Crippen LogP contribution is 2.40. The summed E-state index contributed by atoms with van der Waals surface area (Å²) < 4.78 is 40.9. The predicted molar refractivity (Wildman–Crippen MR) is 143 cm³/mol. The smallest absolute Gasteiger partial charge is 0.326 e. The lowest BCUT2D eigenvalue weighted by atomic mass is 9.83. The van der Waals surface area contributed by atoms with Crippen molar-refractivity contribution in [3.8, 4) is 5.75 Å². The molecule has 0 unspecified atom stereocenters. The van der Waals surface area contributed by atoms with Crippen molar-refractivity contribution in [2.45, 2.75) is 51.7 Å². The molecule has 0 bridgehead atoms. The van der Waals surface area contributed by atoms with Gasteiger partial charge in [0.1, 0.15) is 17.7 Å². The summed E-state index contributed by atoms with van der Waals surface area (Å²) in [6, 6.07) is 9.97. The summed E-state index contributed by atoms with van der Waals surface area (Å²) in [6.45, 7) is 6.62. The number of nitrogens with zero attached hydrogens (tertiary/aromatic N) is 3. The molecular weight excluding hydrogens is 522 g/mol. The van der Waals surface area contributed by atoms with Crippen molar-refractivity contribution < 1.29 is 27.8 Å². The first-order valence-corrected chi connectivity index (χ1v) is 13.0. The quantitative estimate of drug-likeness (QED) is 0.317. The number of hydrogen-bond donors (Lipinski definition) is 1. The summed E-state index contributed by atoms with van der Waals surface area (Å²) in [5, 5.41) is 4.28. The number of amides is 1. The van der Waals surface area contributed by atoms with E-state index in [0.717, 1.165) is 6.20 Å². The topological polar surface area (TPSA) is 117 Å². The summed E-state index contributed by atoms with van der Waals surface area (Å²) in [5.74, 6) is -3.40. The molecule has 0 radical (unpaired) electrons. The van der Waals surface area contributed by atoms with E-state index >= 15 is 0 Å². The number of nitrogens with two attached hydrogens (primary N) is 1.